The summed E-state index contributed by atoms with van der Waals surface area (Å²) in [4.78, 5) is 0. The number of hydrogen-bond acceptors (Lipinski definition) is 2. The second-order valence-electron chi connectivity index (χ2n) is 3.82. The molecule has 0 saturated heterocycles. The van der Waals surface area contributed by atoms with Gasteiger partial charge < -0.3 is 10.5 Å². The first-order chi connectivity index (χ1) is 8.24. The van der Waals surface area contributed by atoms with Crippen molar-refractivity contribution in [3.05, 3.63) is 28.2 Å². The standard InChI is InChI=1S/C11H12BrF4NO/c1-6(17)8-4-7(12)2-3-9(8)18-5-11(15,16)10(13)14/h2-4,6,10H,5,17H2,1H3/t6-/m0/s1. The molecule has 102 valence electrons. The minimum atomic E-state index is -4.18. The van der Waals surface area contributed by atoms with Gasteiger partial charge in [-0.15, -0.1) is 0 Å². The fourth-order valence-electron chi connectivity index (χ4n) is 1.24. The van der Waals surface area contributed by atoms with Crippen molar-refractivity contribution in [1.29, 1.82) is 0 Å². The van der Waals surface area contributed by atoms with E-state index in [1.54, 1.807) is 19.1 Å². The predicted molar refractivity (Wildman–Crippen MR) is 63.2 cm³/mol. The molecule has 0 aliphatic rings. The maximum Gasteiger partial charge on any atom is 0.340 e. The second kappa shape index (κ2) is 5.88. The Balaban J connectivity index is 2.85. The molecule has 0 saturated carbocycles. The van der Waals surface area contributed by atoms with Crippen LogP contribution >= 0.6 is 15.9 Å². The number of ether oxygens (including phenoxy) is 1. The zero-order chi connectivity index (χ0) is 13.9. The van der Waals surface area contributed by atoms with E-state index in [0.29, 0.717) is 10.0 Å². The lowest BCUT2D eigenvalue weighted by atomic mass is 10.1. The molecule has 0 spiro atoms. The third kappa shape index (κ3) is 3.84. The average Bonchev–Trinajstić information content (AvgIpc) is 2.27. The molecule has 18 heavy (non-hydrogen) atoms. The molecule has 0 heterocycles. The highest BCUT2D eigenvalue weighted by Gasteiger charge is 2.41. The molecule has 0 unspecified atom stereocenters. The molecular formula is C11H12BrF4NO. The fraction of sp³-hybridized carbons (Fsp3) is 0.455. The minimum absolute atomic E-state index is 0.0773. The van der Waals surface area contributed by atoms with E-state index in [-0.39, 0.29) is 5.75 Å². The van der Waals surface area contributed by atoms with Gasteiger partial charge in [-0.1, -0.05) is 15.9 Å². The van der Waals surface area contributed by atoms with E-state index in [1.165, 1.54) is 6.07 Å². The topological polar surface area (TPSA) is 35.2 Å². The van der Waals surface area contributed by atoms with Crippen LogP contribution in [0.15, 0.2) is 22.7 Å². The largest absolute Gasteiger partial charge is 0.487 e. The van der Waals surface area contributed by atoms with Crippen LogP contribution in [0.4, 0.5) is 17.6 Å². The highest BCUT2D eigenvalue weighted by molar-refractivity contribution is 9.10. The minimum Gasteiger partial charge on any atom is -0.487 e. The van der Waals surface area contributed by atoms with E-state index in [1.807, 2.05) is 0 Å². The Morgan fingerprint density at radius 1 is 1.39 bits per heavy atom. The van der Waals surface area contributed by atoms with E-state index in [4.69, 9.17) is 10.5 Å². The Hall–Kier alpha value is -0.820. The van der Waals surface area contributed by atoms with Gasteiger partial charge in [0.2, 0.25) is 0 Å². The molecule has 1 aromatic rings. The molecule has 1 rings (SSSR count). The molecule has 2 N–H and O–H groups in total. The molecule has 2 nitrogen and oxygen atoms in total. The Morgan fingerprint density at radius 3 is 2.50 bits per heavy atom. The molecule has 1 atom stereocenters. The third-order valence-corrected chi connectivity index (χ3v) is 2.70. The Morgan fingerprint density at radius 2 is 2.00 bits per heavy atom. The predicted octanol–water partition coefficient (Wildman–Crippen LogP) is 3.75. The highest BCUT2D eigenvalue weighted by atomic mass is 79.9. The number of benzene rings is 1. The molecule has 0 radical (unpaired) electrons. The lowest BCUT2D eigenvalue weighted by molar-refractivity contribution is -0.148. The van der Waals surface area contributed by atoms with Gasteiger partial charge in [0, 0.05) is 16.1 Å². The first-order valence-electron chi connectivity index (χ1n) is 5.08. The van der Waals surface area contributed by atoms with Crippen molar-refractivity contribution in [2.45, 2.75) is 25.3 Å². The van der Waals surface area contributed by atoms with E-state index < -0.39 is 25.0 Å². The first kappa shape index (κ1) is 15.2. The van der Waals surface area contributed by atoms with Crippen LogP contribution in [0.25, 0.3) is 0 Å². The van der Waals surface area contributed by atoms with Crippen LogP contribution in [-0.2, 0) is 0 Å². The van der Waals surface area contributed by atoms with E-state index >= 15 is 0 Å². The molecular weight excluding hydrogens is 318 g/mol. The van der Waals surface area contributed by atoms with Gasteiger partial charge in [0.25, 0.3) is 0 Å². The van der Waals surface area contributed by atoms with Crippen LogP contribution in [0.1, 0.15) is 18.5 Å². The SMILES string of the molecule is C[C@H](N)c1cc(Br)ccc1OCC(F)(F)C(F)F. The fourth-order valence-corrected chi connectivity index (χ4v) is 1.62. The van der Waals surface area contributed by atoms with Crippen LogP contribution < -0.4 is 10.5 Å². The molecule has 0 bridgehead atoms. The monoisotopic (exact) mass is 329 g/mol. The van der Waals surface area contributed by atoms with Gasteiger partial charge in [-0.2, -0.15) is 8.78 Å². The third-order valence-electron chi connectivity index (χ3n) is 2.20. The van der Waals surface area contributed by atoms with Crippen molar-refractivity contribution < 1.29 is 22.3 Å². The van der Waals surface area contributed by atoms with Gasteiger partial charge in [0.15, 0.2) is 6.61 Å². The zero-order valence-electron chi connectivity index (χ0n) is 9.47. The van der Waals surface area contributed by atoms with Crippen molar-refractivity contribution >= 4 is 15.9 Å². The van der Waals surface area contributed by atoms with Crippen molar-refractivity contribution in [3.8, 4) is 5.75 Å². The number of halogens is 5. The van der Waals surface area contributed by atoms with Crippen molar-refractivity contribution in [2.24, 2.45) is 5.73 Å². The summed E-state index contributed by atoms with van der Waals surface area (Å²) in [6.07, 6.45) is -3.76. The average molecular weight is 330 g/mol. The quantitative estimate of drug-likeness (QED) is 0.835. The summed E-state index contributed by atoms with van der Waals surface area (Å²) in [6, 6.07) is 4.10. The van der Waals surface area contributed by atoms with Gasteiger partial charge in [0.05, 0.1) is 0 Å². The summed E-state index contributed by atoms with van der Waals surface area (Å²) in [6.45, 7) is 0.256. The van der Waals surface area contributed by atoms with Crippen molar-refractivity contribution in [1.82, 2.24) is 0 Å². The van der Waals surface area contributed by atoms with Crippen LogP contribution in [0, 0.1) is 0 Å². The Kier molecular flexibility index (Phi) is 4.98. The number of rotatable bonds is 5. The van der Waals surface area contributed by atoms with Gasteiger partial charge in [-0.25, -0.2) is 8.78 Å². The Bertz CT molecular complexity index is 412. The maximum absolute atomic E-state index is 12.7. The summed E-state index contributed by atoms with van der Waals surface area (Å²) in [5.41, 5.74) is 6.11. The summed E-state index contributed by atoms with van der Waals surface area (Å²) < 4.78 is 54.9. The molecule has 0 aliphatic carbocycles. The van der Waals surface area contributed by atoms with Gasteiger partial charge >= 0.3 is 12.3 Å². The van der Waals surface area contributed by atoms with Gasteiger partial charge in [0.1, 0.15) is 5.75 Å². The molecule has 1 aromatic carbocycles. The smallest absolute Gasteiger partial charge is 0.340 e. The van der Waals surface area contributed by atoms with Crippen LogP contribution in [0.5, 0.6) is 5.75 Å². The summed E-state index contributed by atoms with van der Waals surface area (Å²) in [5.74, 6) is -4.10. The van der Waals surface area contributed by atoms with Crippen LogP contribution in [0.2, 0.25) is 0 Å². The maximum atomic E-state index is 12.7. The molecule has 0 aromatic heterocycles. The van der Waals surface area contributed by atoms with Crippen LogP contribution in [-0.4, -0.2) is 19.0 Å². The number of alkyl halides is 4. The molecule has 0 fully saturated rings. The highest BCUT2D eigenvalue weighted by Crippen LogP contribution is 2.30. The summed E-state index contributed by atoms with van der Waals surface area (Å²) in [7, 11) is 0. The van der Waals surface area contributed by atoms with Crippen molar-refractivity contribution in [2.75, 3.05) is 6.61 Å². The Labute approximate surface area is 110 Å². The number of hydrogen-bond donors (Lipinski definition) is 1. The first-order valence-corrected chi connectivity index (χ1v) is 5.87. The van der Waals surface area contributed by atoms with E-state index in [0.717, 1.165) is 0 Å². The lowest BCUT2D eigenvalue weighted by Gasteiger charge is -2.19. The second-order valence-corrected chi connectivity index (χ2v) is 4.74. The zero-order valence-corrected chi connectivity index (χ0v) is 11.1. The molecule has 0 aliphatic heterocycles. The summed E-state index contributed by atoms with van der Waals surface area (Å²) >= 11 is 3.20. The van der Waals surface area contributed by atoms with E-state index in [2.05, 4.69) is 15.9 Å². The number of nitrogens with two attached hydrogens (primary N) is 1. The van der Waals surface area contributed by atoms with Gasteiger partial charge in [-0.05, 0) is 25.1 Å². The van der Waals surface area contributed by atoms with Gasteiger partial charge in [-0.3, -0.25) is 0 Å². The van der Waals surface area contributed by atoms with Crippen molar-refractivity contribution in [3.63, 3.8) is 0 Å². The lowest BCUT2D eigenvalue weighted by Crippen LogP contribution is -2.34. The van der Waals surface area contributed by atoms with E-state index in [9.17, 15) is 17.6 Å². The summed E-state index contributed by atoms with van der Waals surface area (Å²) in [5, 5.41) is 0. The van der Waals surface area contributed by atoms with Crippen LogP contribution in [0.3, 0.4) is 0 Å². The normalized spacial score (nSPS) is 13.8. The molecule has 7 heteroatoms. The molecule has 0 amide bonds.